The summed E-state index contributed by atoms with van der Waals surface area (Å²) in [4.78, 5) is 16.6. The molecule has 1 saturated heterocycles. The van der Waals surface area contributed by atoms with Gasteiger partial charge in [-0.3, -0.25) is 4.79 Å². The molecule has 0 radical (unpaired) electrons. The Hall–Kier alpha value is -2.98. The van der Waals surface area contributed by atoms with Gasteiger partial charge in [0.05, 0.1) is 19.1 Å². The normalized spacial score (nSPS) is 14.8. The maximum Gasteiger partial charge on any atom is 0.253 e. The summed E-state index contributed by atoms with van der Waals surface area (Å²) in [5, 5.41) is 3.72. The van der Waals surface area contributed by atoms with Gasteiger partial charge in [-0.05, 0) is 66.8 Å². The second kappa shape index (κ2) is 11.2. The van der Waals surface area contributed by atoms with E-state index >= 15 is 0 Å². The topological polar surface area (TPSA) is 84.9 Å². The molecule has 1 fully saturated rings. The standard InChI is InChI=1S/C26H28N2O5S2/c1-32-24-18-25(33-2)22(26-7-6-16-34-26)17-20(24)10-13-23(29)19-8-11-21(12-9-19)35(30,31)27-28-14-4-3-5-15-28/h6-13,16-18,27H,3-5,14-15H2,1-2H3/b13-10+. The van der Waals surface area contributed by atoms with Crippen molar-refractivity contribution in [2.45, 2.75) is 24.2 Å². The van der Waals surface area contributed by atoms with E-state index in [0.717, 1.165) is 35.3 Å². The lowest BCUT2D eigenvalue weighted by molar-refractivity contribution is 0.104. The average molecular weight is 513 g/mol. The Morgan fingerprint density at radius 2 is 1.71 bits per heavy atom. The zero-order valence-corrected chi connectivity index (χ0v) is 21.3. The molecule has 9 heteroatoms. The number of allylic oxidation sites excluding steroid dienone is 1. The quantitative estimate of drug-likeness (QED) is 0.321. The molecule has 0 atom stereocenters. The Morgan fingerprint density at radius 3 is 2.34 bits per heavy atom. The Morgan fingerprint density at radius 1 is 1.00 bits per heavy atom. The van der Waals surface area contributed by atoms with Crippen LogP contribution in [-0.4, -0.2) is 46.5 Å². The van der Waals surface area contributed by atoms with Crippen LogP contribution in [0.3, 0.4) is 0 Å². The van der Waals surface area contributed by atoms with Gasteiger partial charge in [0, 0.05) is 40.7 Å². The molecule has 1 aliphatic heterocycles. The molecular weight excluding hydrogens is 484 g/mol. The van der Waals surface area contributed by atoms with E-state index in [-0.39, 0.29) is 10.7 Å². The number of thiophene rings is 1. The van der Waals surface area contributed by atoms with Gasteiger partial charge >= 0.3 is 0 Å². The number of hydrogen-bond donors (Lipinski definition) is 1. The number of sulfonamides is 1. The molecule has 0 aliphatic carbocycles. The number of carbonyl (C=O) groups excluding carboxylic acids is 1. The fourth-order valence-corrected chi connectivity index (χ4v) is 5.82. The van der Waals surface area contributed by atoms with Crippen molar-refractivity contribution in [2.75, 3.05) is 27.3 Å². The molecule has 1 aromatic heterocycles. The van der Waals surface area contributed by atoms with E-state index in [4.69, 9.17) is 9.47 Å². The van der Waals surface area contributed by atoms with Gasteiger partial charge < -0.3 is 9.47 Å². The predicted octanol–water partition coefficient (Wildman–Crippen LogP) is 5.01. The number of piperidine rings is 1. The minimum absolute atomic E-state index is 0.126. The Kier molecular flexibility index (Phi) is 8.02. The fraction of sp³-hybridized carbons (Fsp3) is 0.269. The number of ether oxygens (including phenoxy) is 2. The summed E-state index contributed by atoms with van der Waals surface area (Å²) in [7, 11) is -0.507. The first-order valence-corrected chi connectivity index (χ1v) is 13.7. The number of ketones is 1. The van der Waals surface area contributed by atoms with Crippen molar-refractivity contribution in [2.24, 2.45) is 0 Å². The second-order valence-corrected chi connectivity index (χ2v) is 10.7. The number of hydrogen-bond acceptors (Lipinski definition) is 7. The van der Waals surface area contributed by atoms with Crippen LogP contribution in [0, 0.1) is 0 Å². The van der Waals surface area contributed by atoms with Crippen molar-refractivity contribution < 1.29 is 22.7 Å². The molecule has 0 spiro atoms. The molecule has 3 aromatic rings. The van der Waals surface area contributed by atoms with E-state index < -0.39 is 10.0 Å². The molecule has 1 N–H and O–H groups in total. The third kappa shape index (κ3) is 5.99. The predicted molar refractivity (Wildman–Crippen MR) is 138 cm³/mol. The highest BCUT2D eigenvalue weighted by atomic mass is 32.2. The molecule has 2 aromatic carbocycles. The van der Waals surface area contributed by atoms with E-state index in [1.165, 1.54) is 30.3 Å². The van der Waals surface area contributed by atoms with E-state index in [2.05, 4.69) is 4.83 Å². The zero-order chi connectivity index (χ0) is 24.8. The highest BCUT2D eigenvalue weighted by Crippen LogP contribution is 2.38. The molecule has 7 nitrogen and oxygen atoms in total. The average Bonchev–Trinajstić information content (AvgIpc) is 3.42. The molecule has 4 rings (SSSR count). The van der Waals surface area contributed by atoms with Crippen LogP contribution < -0.4 is 14.3 Å². The fourth-order valence-electron chi connectivity index (χ4n) is 3.95. The molecule has 35 heavy (non-hydrogen) atoms. The van der Waals surface area contributed by atoms with Crippen LogP contribution in [0.5, 0.6) is 11.5 Å². The SMILES string of the molecule is COc1cc(OC)c(-c2cccs2)cc1/C=C/C(=O)c1ccc(S(=O)(=O)NN2CCCCC2)cc1. The number of benzene rings is 2. The summed E-state index contributed by atoms with van der Waals surface area (Å²) in [6, 6.07) is 13.7. The lowest BCUT2D eigenvalue weighted by Gasteiger charge is -2.26. The van der Waals surface area contributed by atoms with E-state index in [1.54, 1.807) is 42.7 Å². The van der Waals surface area contributed by atoms with Gasteiger partial charge in [0.1, 0.15) is 11.5 Å². The molecule has 0 unspecified atom stereocenters. The number of nitrogens with one attached hydrogen (secondary N) is 1. The molecule has 0 bridgehead atoms. The lowest BCUT2D eigenvalue weighted by Crippen LogP contribution is -2.44. The molecule has 1 aliphatic rings. The minimum atomic E-state index is -3.68. The van der Waals surface area contributed by atoms with Crippen molar-refractivity contribution >= 4 is 33.2 Å². The lowest BCUT2D eigenvalue weighted by atomic mass is 10.0. The van der Waals surface area contributed by atoms with E-state index in [1.807, 2.05) is 23.6 Å². The Balaban J connectivity index is 1.52. The van der Waals surface area contributed by atoms with Crippen LogP contribution in [0.15, 0.2) is 64.9 Å². The van der Waals surface area contributed by atoms with Crippen molar-refractivity contribution in [1.29, 1.82) is 0 Å². The summed E-state index contributed by atoms with van der Waals surface area (Å²) in [6.07, 6.45) is 6.20. The summed E-state index contributed by atoms with van der Waals surface area (Å²) >= 11 is 1.59. The van der Waals surface area contributed by atoms with Crippen LogP contribution >= 0.6 is 11.3 Å². The van der Waals surface area contributed by atoms with Gasteiger partial charge in [-0.15, -0.1) is 16.2 Å². The largest absolute Gasteiger partial charge is 0.496 e. The van der Waals surface area contributed by atoms with Crippen LogP contribution in [-0.2, 0) is 10.0 Å². The summed E-state index contributed by atoms with van der Waals surface area (Å²) < 4.78 is 36.4. The van der Waals surface area contributed by atoms with Gasteiger partial charge in [-0.2, -0.15) is 0 Å². The highest BCUT2D eigenvalue weighted by molar-refractivity contribution is 7.89. The number of nitrogens with zero attached hydrogens (tertiary/aromatic N) is 1. The van der Waals surface area contributed by atoms with Crippen LogP contribution in [0.4, 0.5) is 0 Å². The van der Waals surface area contributed by atoms with Crippen LogP contribution in [0.2, 0.25) is 0 Å². The number of methoxy groups -OCH3 is 2. The van der Waals surface area contributed by atoms with Gasteiger partial charge in [0.25, 0.3) is 10.0 Å². The second-order valence-electron chi connectivity index (χ2n) is 8.14. The summed E-state index contributed by atoms with van der Waals surface area (Å²) in [5.41, 5.74) is 2.03. The first-order chi connectivity index (χ1) is 16.9. The Bertz CT molecular complexity index is 1290. The van der Waals surface area contributed by atoms with Crippen molar-refractivity contribution in [3.63, 3.8) is 0 Å². The number of carbonyl (C=O) groups is 1. The van der Waals surface area contributed by atoms with E-state index in [0.29, 0.717) is 30.2 Å². The van der Waals surface area contributed by atoms with Crippen molar-refractivity contribution in [3.8, 4) is 21.9 Å². The molecular formula is C26H28N2O5S2. The summed E-state index contributed by atoms with van der Waals surface area (Å²) in [6.45, 7) is 1.40. The molecule has 0 amide bonds. The van der Waals surface area contributed by atoms with Crippen molar-refractivity contribution in [3.05, 3.63) is 71.1 Å². The monoisotopic (exact) mass is 512 g/mol. The smallest absolute Gasteiger partial charge is 0.253 e. The summed E-state index contributed by atoms with van der Waals surface area (Å²) in [5.74, 6) is 1.02. The maximum atomic E-state index is 12.8. The minimum Gasteiger partial charge on any atom is -0.496 e. The first kappa shape index (κ1) is 25.1. The van der Waals surface area contributed by atoms with Crippen molar-refractivity contribution in [1.82, 2.24) is 9.84 Å². The highest BCUT2D eigenvalue weighted by Gasteiger charge is 2.20. The first-order valence-electron chi connectivity index (χ1n) is 11.3. The third-order valence-electron chi connectivity index (χ3n) is 5.81. The van der Waals surface area contributed by atoms with Gasteiger partial charge in [0.15, 0.2) is 5.78 Å². The molecule has 2 heterocycles. The number of hydrazine groups is 1. The maximum absolute atomic E-state index is 12.8. The number of rotatable bonds is 9. The van der Waals surface area contributed by atoms with Gasteiger partial charge in [0.2, 0.25) is 0 Å². The van der Waals surface area contributed by atoms with Gasteiger partial charge in [-0.1, -0.05) is 12.5 Å². The molecule has 0 saturated carbocycles. The zero-order valence-electron chi connectivity index (χ0n) is 19.7. The van der Waals surface area contributed by atoms with Gasteiger partial charge in [-0.25, -0.2) is 13.4 Å². The third-order valence-corrected chi connectivity index (χ3v) is 8.10. The van der Waals surface area contributed by atoms with Crippen LogP contribution in [0.1, 0.15) is 35.2 Å². The van der Waals surface area contributed by atoms with Crippen LogP contribution in [0.25, 0.3) is 16.5 Å². The Labute approximate surface area is 210 Å². The molecule has 184 valence electrons. The van der Waals surface area contributed by atoms with E-state index in [9.17, 15) is 13.2 Å².